The zero-order valence-corrected chi connectivity index (χ0v) is 11.5. The van der Waals surface area contributed by atoms with Crippen molar-refractivity contribution in [1.29, 1.82) is 0 Å². The highest BCUT2D eigenvalue weighted by Crippen LogP contribution is 2.37. The van der Waals surface area contributed by atoms with E-state index in [4.69, 9.17) is 5.73 Å². The Labute approximate surface area is 118 Å². The number of hydrogen-bond acceptors (Lipinski definition) is 5. The Hall–Kier alpha value is -1.85. The normalized spacial score (nSPS) is 26.1. The summed E-state index contributed by atoms with van der Waals surface area (Å²) in [6, 6.07) is 2.86. The van der Waals surface area contributed by atoms with Gasteiger partial charge in [0.05, 0.1) is 17.1 Å². The van der Waals surface area contributed by atoms with E-state index < -0.39 is 4.92 Å². The number of fused-ring (bicyclic) bond motifs is 1. The minimum Gasteiger partial charge on any atom is -0.383 e. The van der Waals surface area contributed by atoms with Crippen LogP contribution < -0.4 is 10.6 Å². The molecule has 3 rings (SSSR count). The number of rotatable bonds is 2. The van der Waals surface area contributed by atoms with Crippen molar-refractivity contribution in [2.45, 2.75) is 32.1 Å². The number of piperidine rings is 1. The van der Waals surface area contributed by atoms with E-state index in [1.165, 1.54) is 31.7 Å². The highest BCUT2D eigenvalue weighted by molar-refractivity contribution is 5.54. The Morgan fingerprint density at radius 1 is 1.25 bits per heavy atom. The van der Waals surface area contributed by atoms with Crippen LogP contribution in [-0.4, -0.2) is 23.0 Å². The fraction of sp³-hybridized carbons (Fsp3) is 0.643. The van der Waals surface area contributed by atoms with Gasteiger partial charge in [0.15, 0.2) is 0 Å². The van der Waals surface area contributed by atoms with Crippen LogP contribution in [0.25, 0.3) is 0 Å². The fourth-order valence-corrected chi connectivity index (χ4v) is 3.60. The topological polar surface area (TPSA) is 85.3 Å². The van der Waals surface area contributed by atoms with Crippen molar-refractivity contribution in [3.63, 3.8) is 0 Å². The molecule has 0 amide bonds. The summed E-state index contributed by atoms with van der Waals surface area (Å²) in [4.78, 5) is 17.0. The van der Waals surface area contributed by atoms with Gasteiger partial charge < -0.3 is 10.6 Å². The minimum atomic E-state index is -0.408. The van der Waals surface area contributed by atoms with E-state index in [0.717, 1.165) is 25.4 Å². The molecule has 1 saturated carbocycles. The van der Waals surface area contributed by atoms with Crippen molar-refractivity contribution < 1.29 is 4.92 Å². The van der Waals surface area contributed by atoms with E-state index in [2.05, 4.69) is 9.88 Å². The number of nitro groups is 1. The van der Waals surface area contributed by atoms with Gasteiger partial charge in [0.1, 0.15) is 11.6 Å². The van der Waals surface area contributed by atoms with E-state index in [-0.39, 0.29) is 11.5 Å². The van der Waals surface area contributed by atoms with E-state index in [1.807, 2.05) is 0 Å². The Balaban J connectivity index is 1.80. The predicted molar refractivity (Wildman–Crippen MR) is 77.6 cm³/mol. The quantitative estimate of drug-likeness (QED) is 0.663. The van der Waals surface area contributed by atoms with Gasteiger partial charge >= 0.3 is 0 Å². The summed E-state index contributed by atoms with van der Waals surface area (Å²) in [6.07, 6.45) is 6.42. The van der Waals surface area contributed by atoms with Gasteiger partial charge in [-0.15, -0.1) is 0 Å². The van der Waals surface area contributed by atoms with Crippen molar-refractivity contribution in [2.24, 2.45) is 11.8 Å². The van der Waals surface area contributed by atoms with Crippen LogP contribution >= 0.6 is 0 Å². The lowest BCUT2D eigenvalue weighted by molar-refractivity contribution is -0.384. The number of nitrogens with two attached hydrogens (primary N) is 1. The van der Waals surface area contributed by atoms with Crippen LogP contribution in [0.5, 0.6) is 0 Å². The third-order valence-corrected chi connectivity index (χ3v) is 4.64. The maximum atomic E-state index is 10.9. The molecule has 1 aliphatic heterocycles. The molecule has 1 aromatic heterocycles. The summed E-state index contributed by atoms with van der Waals surface area (Å²) >= 11 is 0. The maximum absolute atomic E-state index is 10.9. The molecular formula is C14H20N4O2. The number of hydrogen-bond donors (Lipinski definition) is 1. The molecule has 2 fully saturated rings. The average Bonchev–Trinajstić information content (AvgIpc) is 2.46. The summed E-state index contributed by atoms with van der Waals surface area (Å²) in [5.74, 6) is 2.41. The molecule has 2 heterocycles. The van der Waals surface area contributed by atoms with Crippen molar-refractivity contribution in [3.8, 4) is 0 Å². The summed E-state index contributed by atoms with van der Waals surface area (Å²) in [5.41, 5.74) is 5.72. The Morgan fingerprint density at radius 2 is 2.00 bits per heavy atom. The lowest BCUT2D eigenvalue weighted by atomic mass is 9.75. The second-order valence-electron chi connectivity index (χ2n) is 5.90. The SMILES string of the molecule is Nc1cc([N+](=O)[O-])cc(N2CCC3CCCCC3C2)n1. The number of nitrogen functional groups attached to an aromatic ring is 1. The molecule has 6 heteroatoms. The molecule has 1 saturated heterocycles. The molecule has 2 atom stereocenters. The number of nitrogens with zero attached hydrogens (tertiary/aromatic N) is 3. The molecule has 20 heavy (non-hydrogen) atoms. The third-order valence-electron chi connectivity index (χ3n) is 4.64. The molecule has 1 aliphatic carbocycles. The predicted octanol–water partition coefficient (Wildman–Crippen LogP) is 2.59. The second-order valence-corrected chi connectivity index (χ2v) is 5.90. The fourth-order valence-electron chi connectivity index (χ4n) is 3.60. The third kappa shape index (κ3) is 2.55. The first-order valence-electron chi connectivity index (χ1n) is 7.30. The largest absolute Gasteiger partial charge is 0.383 e. The minimum absolute atomic E-state index is 0.0262. The monoisotopic (exact) mass is 276 g/mol. The van der Waals surface area contributed by atoms with Crippen molar-refractivity contribution in [2.75, 3.05) is 23.7 Å². The van der Waals surface area contributed by atoms with Crippen molar-refractivity contribution >= 4 is 17.3 Å². The molecule has 0 bridgehead atoms. The van der Waals surface area contributed by atoms with E-state index >= 15 is 0 Å². The lowest BCUT2D eigenvalue weighted by Gasteiger charge is -2.41. The Morgan fingerprint density at radius 3 is 2.75 bits per heavy atom. The standard InChI is InChI=1S/C14H20N4O2/c15-13-7-12(18(19)20)8-14(16-13)17-6-5-10-3-1-2-4-11(10)9-17/h7-8,10-11H,1-6,9H2,(H2,15,16). The summed E-state index contributed by atoms with van der Waals surface area (Å²) in [5, 5.41) is 10.9. The molecule has 0 spiro atoms. The van der Waals surface area contributed by atoms with Gasteiger partial charge in [0.2, 0.25) is 0 Å². The van der Waals surface area contributed by atoms with Gasteiger partial charge in [0, 0.05) is 13.1 Å². The molecule has 1 aromatic rings. The van der Waals surface area contributed by atoms with Gasteiger partial charge in [-0.1, -0.05) is 19.3 Å². The second kappa shape index (κ2) is 5.26. The molecule has 0 radical (unpaired) electrons. The Kier molecular flexibility index (Phi) is 3.46. The van der Waals surface area contributed by atoms with E-state index in [9.17, 15) is 10.1 Å². The highest BCUT2D eigenvalue weighted by atomic mass is 16.6. The number of aromatic nitrogens is 1. The smallest absolute Gasteiger partial charge is 0.276 e. The first-order valence-corrected chi connectivity index (χ1v) is 7.30. The van der Waals surface area contributed by atoms with Crippen LogP contribution in [0.1, 0.15) is 32.1 Å². The number of anilines is 2. The lowest BCUT2D eigenvalue weighted by Crippen LogP contribution is -2.42. The maximum Gasteiger partial charge on any atom is 0.276 e. The summed E-state index contributed by atoms with van der Waals surface area (Å²) < 4.78 is 0. The van der Waals surface area contributed by atoms with Crippen LogP contribution in [0.15, 0.2) is 12.1 Å². The van der Waals surface area contributed by atoms with Gasteiger partial charge in [-0.25, -0.2) is 4.98 Å². The molecule has 2 aliphatic rings. The van der Waals surface area contributed by atoms with Crippen LogP contribution in [0, 0.1) is 22.0 Å². The first kappa shape index (κ1) is 13.1. The molecule has 2 unspecified atom stereocenters. The van der Waals surface area contributed by atoms with Crippen LogP contribution in [0.4, 0.5) is 17.3 Å². The van der Waals surface area contributed by atoms with Crippen LogP contribution in [-0.2, 0) is 0 Å². The van der Waals surface area contributed by atoms with Gasteiger partial charge in [-0.2, -0.15) is 0 Å². The van der Waals surface area contributed by atoms with Crippen molar-refractivity contribution in [1.82, 2.24) is 4.98 Å². The van der Waals surface area contributed by atoms with Crippen molar-refractivity contribution in [3.05, 3.63) is 22.2 Å². The highest BCUT2D eigenvalue weighted by Gasteiger charge is 2.32. The molecule has 2 N–H and O–H groups in total. The van der Waals surface area contributed by atoms with Crippen LogP contribution in [0.3, 0.4) is 0 Å². The van der Waals surface area contributed by atoms with Gasteiger partial charge in [-0.05, 0) is 24.7 Å². The average molecular weight is 276 g/mol. The summed E-state index contributed by atoms with van der Waals surface area (Å²) in [6.45, 7) is 1.88. The van der Waals surface area contributed by atoms with E-state index in [1.54, 1.807) is 6.07 Å². The molecular weight excluding hydrogens is 256 g/mol. The Bertz CT molecular complexity index is 520. The molecule has 108 valence electrons. The van der Waals surface area contributed by atoms with Gasteiger partial charge in [0.25, 0.3) is 5.69 Å². The molecule has 6 nitrogen and oxygen atoms in total. The van der Waals surface area contributed by atoms with E-state index in [0.29, 0.717) is 11.7 Å². The van der Waals surface area contributed by atoms with Crippen LogP contribution in [0.2, 0.25) is 0 Å². The molecule has 0 aromatic carbocycles. The number of pyridine rings is 1. The summed E-state index contributed by atoms with van der Waals surface area (Å²) in [7, 11) is 0. The first-order chi connectivity index (χ1) is 9.63. The van der Waals surface area contributed by atoms with Gasteiger partial charge in [-0.3, -0.25) is 10.1 Å². The zero-order chi connectivity index (χ0) is 14.1. The zero-order valence-electron chi connectivity index (χ0n) is 11.5.